The first-order chi connectivity index (χ1) is 22.3. The van der Waals surface area contributed by atoms with Crippen LogP contribution in [0.25, 0.3) is 0 Å². The molecule has 0 aromatic rings. The third-order valence-corrected chi connectivity index (χ3v) is 10.8. The fourth-order valence-electron chi connectivity index (χ4n) is 7.60. The second kappa shape index (κ2) is 16.3. The van der Waals surface area contributed by atoms with Gasteiger partial charge < -0.3 is 25.4 Å². The van der Waals surface area contributed by atoms with Crippen LogP contribution in [0, 0.1) is 40.4 Å². The molecular weight excluding hydrogens is 614 g/mol. The van der Waals surface area contributed by atoms with E-state index in [1.54, 1.807) is 4.90 Å². The second-order valence-corrected chi connectivity index (χ2v) is 16.8. The Labute approximate surface area is 287 Å². The first-order valence-corrected chi connectivity index (χ1v) is 18.0. The van der Waals surface area contributed by atoms with Crippen molar-refractivity contribution in [2.24, 2.45) is 40.4 Å². The number of ketones is 3. The minimum Gasteiger partial charge on any atom is -0.453 e. The van der Waals surface area contributed by atoms with Gasteiger partial charge in [-0.1, -0.05) is 61.3 Å². The number of Topliss-reactive ketones (excluding diaryl/α,β-unsaturated/α-hetero) is 3. The molecule has 3 N–H and O–H groups in total. The molecule has 8 atom stereocenters. The monoisotopic (exact) mass is 675 g/mol. The summed E-state index contributed by atoms with van der Waals surface area (Å²) in [4.78, 5) is 82.0. The van der Waals surface area contributed by atoms with Crippen molar-refractivity contribution in [2.45, 2.75) is 144 Å². The molecule has 3 amide bonds. The highest BCUT2D eigenvalue weighted by Gasteiger charge is 2.52. The molecule has 3 fully saturated rings. The van der Waals surface area contributed by atoms with E-state index >= 15 is 0 Å². The molecule has 3 rings (SSSR count). The molecule has 1 aliphatic heterocycles. The molecule has 0 bridgehead atoms. The summed E-state index contributed by atoms with van der Waals surface area (Å²) in [7, 11) is 1.21. The highest BCUT2D eigenvalue weighted by Crippen LogP contribution is 2.44. The number of nitrogens with zero attached hydrogens (tertiary/aromatic N) is 1. The average molecular weight is 676 g/mol. The average Bonchev–Trinajstić information content (AvgIpc) is 3.56. The van der Waals surface area contributed by atoms with E-state index in [1.165, 1.54) is 14.0 Å². The van der Waals surface area contributed by atoms with Crippen LogP contribution < -0.4 is 10.6 Å². The van der Waals surface area contributed by atoms with Gasteiger partial charge in [-0.05, 0) is 73.5 Å². The number of amides is 3. The van der Waals surface area contributed by atoms with Crippen LogP contribution in [0.5, 0.6) is 0 Å². The van der Waals surface area contributed by atoms with E-state index in [0.717, 1.165) is 38.5 Å². The lowest BCUT2D eigenvalue weighted by Gasteiger charge is -2.38. The van der Waals surface area contributed by atoms with Crippen LogP contribution in [-0.4, -0.2) is 83.1 Å². The van der Waals surface area contributed by atoms with Crippen molar-refractivity contribution in [1.82, 2.24) is 15.5 Å². The van der Waals surface area contributed by atoms with Gasteiger partial charge in [0.2, 0.25) is 11.8 Å². The first-order valence-electron chi connectivity index (χ1n) is 18.0. The van der Waals surface area contributed by atoms with Gasteiger partial charge in [0.25, 0.3) is 0 Å². The normalized spacial score (nSPS) is 24.1. The molecule has 1 saturated heterocycles. The number of aliphatic hydroxyl groups is 1. The molecule has 0 aromatic carbocycles. The van der Waals surface area contributed by atoms with Gasteiger partial charge in [-0.3, -0.25) is 24.0 Å². The maximum absolute atomic E-state index is 14.5. The van der Waals surface area contributed by atoms with Gasteiger partial charge in [-0.25, -0.2) is 4.79 Å². The summed E-state index contributed by atoms with van der Waals surface area (Å²) in [6.07, 6.45) is 4.27. The number of fused-ring (bicyclic) bond motifs is 1. The standard InChI is InChI=1S/C37H61N3O8/c1-10-12-23(31(44)29(43)17-22-15-16-22)18-28(42)30-25-14-11-13-24(25)20-40(30)34(46)32(37(6,7)8)39-33(45)26(36(3,4)5)19-27(41)21(2)38-35(47)48-9/h21-26,30-32,44H,10-20H2,1-9H3,(H,38,47)(H,39,45)/t21-,23+,24-,25-,26+,30?,31?,32+/m0/s1. The number of aliphatic hydroxyl groups excluding tert-OH is 1. The van der Waals surface area contributed by atoms with Crippen molar-refractivity contribution >= 4 is 35.3 Å². The van der Waals surface area contributed by atoms with Gasteiger partial charge in [-0.15, -0.1) is 0 Å². The number of ether oxygens (including phenoxy) is 1. The van der Waals surface area contributed by atoms with Crippen LogP contribution in [0.4, 0.5) is 4.79 Å². The maximum Gasteiger partial charge on any atom is 0.407 e. The molecule has 2 aliphatic carbocycles. The molecule has 0 radical (unpaired) electrons. The van der Waals surface area contributed by atoms with Crippen LogP contribution in [0.1, 0.15) is 120 Å². The molecular formula is C37H61N3O8. The summed E-state index contributed by atoms with van der Waals surface area (Å²) in [5.74, 6) is -2.22. The van der Waals surface area contributed by atoms with E-state index in [2.05, 4.69) is 15.4 Å². The predicted octanol–water partition coefficient (Wildman–Crippen LogP) is 4.62. The Morgan fingerprint density at radius 3 is 2.08 bits per heavy atom. The number of nitrogens with one attached hydrogen (secondary N) is 2. The van der Waals surface area contributed by atoms with Gasteiger partial charge in [0.15, 0.2) is 17.3 Å². The first kappa shape index (κ1) is 39.6. The van der Waals surface area contributed by atoms with E-state index in [0.29, 0.717) is 25.3 Å². The summed E-state index contributed by atoms with van der Waals surface area (Å²) in [5.41, 5.74) is -1.37. The summed E-state index contributed by atoms with van der Waals surface area (Å²) >= 11 is 0. The Hall–Kier alpha value is -2.82. The Morgan fingerprint density at radius 1 is 0.896 bits per heavy atom. The fourth-order valence-corrected chi connectivity index (χ4v) is 7.60. The van der Waals surface area contributed by atoms with E-state index in [4.69, 9.17) is 0 Å². The summed E-state index contributed by atoms with van der Waals surface area (Å²) in [6.45, 7) is 15.1. The van der Waals surface area contributed by atoms with E-state index in [-0.39, 0.29) is 47.9 Å². The number of hydrogen-bond acceptors (Lipinski definition) is 8. The van der Waals surface area contributed by atoms with Gasteiger partial charge in [-0.2, -0.15) is 0 Å². The highest BCUT2D eigenvalue weighted by atomic mass is 16.5. The Bertz CT molecular complexity index is 1200. The van der Waals surface area contributed by atoms with Gasteiger partial charge in [0, 0.05) is 31.7 Å². The Morgan fingerprint density at radius 2 is 1.54 bits per heavy atom. The zero-order valence-corrected chi connectivity index (χ0v) is 30.7. The Balaban J connectivity index is 1.84. The van der Waals surface area contributed by atoms with Crippen molar-refractivity contribution < 1.29 is 38.6 Å². The van der Waals surface area contributed by atoms with Crippen molar-refractivity contribution in [3.63, 3.8) is 0 Å². The minimum atomic E-state index is -1.19. The smallest absolute Gasteiger partial charge is 0.407 e. The predicted molar refractivity (Wildman–Crippen MR) is 182 cm³/mol. The summed E-state index contributed by atoms with van der Waals surface area (Å²) < 4.78 is 4.60. The fraction of sp³-hybridized carbons (Fsp3) is 0.838. The molecule has 0 spiro atoms. The number of likely N-dealkylation sites (tertiary alicyclic amines) is 1. The number of methoxy groups -OCH3 is 1. The van der Waals surface area contributed by atoms with Crippen molar-refractivity contribution in [3.05, 3.63) is 0 Å². The van der Waals surface area contributed by atoms with Crippen LogP contribution in [0.2, 0.25) is 0 Å². The largest absolute Gasteiger partial charge is 0.453 e. The quantitative estimate of drug-likeness (QED) is 0.214. The molecule has 0 aromatic heterocycles. The molecule has 11 heteroatoms. The molecule has 1 heterocycles. The number of hydrogen-bond donors (Lipinski definition) is 3. The van der Waals surface area contributed by atoms with Crippen molar-refractivity contribution in [2.75, 3.05) is 13.7 Å². The number of rotatable bonds is 16. The molecule has 2 saturated carbocycles. The van der Waals surface area contributed by atoms with Gasteiger partial charge >= 0.3 is 6.09 Å². The van der Waals surface area contributed by atoms with Gasteiger partial charge in [0.05, 0.1) is 19.2 Å². The van der Waals surface area contributed by atoms with Crippen molar-refractivity contribution in [1.29, 1.82) is 0 Å². The van der Waals surface area contributed by atoms with E-state index in [9.17, 15) is 33.9 Å². The molecule has 48 heavy (non-hydrogen) atoms. The lowest BCUT2D eigenvalue weighted by atomic mass is 9.76. The zero-order chi connectivity index (χ0) is 36.1. The number of carbonyl (C=O) groups excluding carboxylic acids is 6. The SMILES string of the molecule is CCC[C@H](CC(=O)C1[C@H]2CCC[C@H]2CN1C(=O)[C@@H](NC(=O)[C@@H](CC(=O)[C@H](C)NC(=O)OC)C(C)(C)C)C(C)(C)C)C(O)C(=O)CC1CC1. The van der Waals surface area contributed by atoms with Crippen LogP contribution >= 0.6 is 0 Å². The molecule has 2 unspecified atom stereocenters. The summed E-state index contributed by atoms with van der Waals surface area (Å²) in [6, 6.07) is -2.52. The lowest BCUT2D eigenvalue weighted by molar-refractivity contribution is -0.146. The third kappa shape index (κ3) is 10.1. The molecule has 11 nitrogen and oxygen atoms in total. The highest BCUT2D eigenvalue weighted by molar-refractivity contribution is 5.96. The lowest BCUT2D eigenvalue weighted by Crippen LogP contribution is -2.59. The van der Waals surface area contributed by atoms with Crippen LogP contribution in [0.3, 0.4) is 0 Å². The van der Waals surface area contributed by atoms with Gasteiger partial charge in [0.1, 0.15) is 12.1 Å². The number of carbonyl (C=O) groups is 6. The maximum atomic E-state index is 14.5. The number of alkyl carbamates (subject to hydrolysis) is 1. The van der Waals surface area contributed by atoms with E-state index in [1.807, 2.05) is 48.5 Å². The zero-order valence-electron chi connectivity index (χ0n) is 30.7. The van der Waals surface area contributed by atoms with Crippen LogP contribution in [-0.2, 0) is 28.7 Å². The van der Waals surface area contributed by atoms with E-state index < -0.39 is 58.9 Å². The molecule has 3 aliphatic rings. The molecule has 272 valence electrons. The topological polar surface area (TPSA) is 159 Å². The third-order valence-electron chi connectivity index (χ3n) is 10.8. The summed E-state index contributed by atoms with van der Waals surface area (Å²) in [5, 5.41) is 16.5. The van der Waals surface area contributed by atoms with Crippen LogP contribution in [0.15, 0.2) is 0 Å². The second-order valence-electron chi connectivity index (χ2n) is 16.8. The minimum absolute atomic E-state index is 0.00287. The van der Waals surface area contributed by atoms with Crippen molar-refractivity contribution in [3.8, 4) is 0 Å². The Kier molecular flexibility index (Phi) is 13.4.